The van der Waals surface area contributed by atoms with E-state index in [4.69, 9.17) is 4.74 Å². The van der Waals surface area contributed by atoms with Crippen LogP contribution in [0.3, 0.4) is 0 Å². The van der Waals surface area contributed by atoms with Crippen molar-refractivity contribution in [3.8, 4) is 5.75 Å². The van der Waals surface area contributed by atoms with Gasteiger partial charge in [0.05, 0.1) is 25.6 Å². The Bertz CT molecular complexity index is 1230. The molecule has 0 radical (unpaired) electrons. The van der Waals surface area contributed by atoms with E-state index >= 15 is 0 Å². The third-order valence-electron chi connectivity index (χ3n) is 7.02. The standard InChI is InChI=1S/C30H33N3O6/c1-39-27-15-9-8-14-24(27)18-31(19-25-20-32(29(35)36)16-17-33(25)30(37)38)21-26(34)28(22-10-4-2-5-11-22)23-12-6-3-7-13-23/h2-15,25,28H,16-21H2,1H3,(H,35,36)(H,37,38)/t25-/m1/s1. The van der Waals surface area contributed by atoms with Gasteiger partial charge in [-0.15, -0.1) is 0 Å². The molecule has 0 bridgehead atoms. The Morgan fingerprint density at radius 2 is 1.46 bits per heavy atom. The molecule has 0 aliphatic carbocycles. The van der Waals surface area contributed by atoms with Crippen molar-refractivity contribution in [2.24, 2.45) is 0 Å². The molecule has 2 amide bonds. The third-order valence-corrected chi connectivity index (χ3v) is 7.02. The highest BCUT2D eigenvalue weighted by atomic mass is 16.5. The lowest BCUT2D eigenvalue weighted by Gasteiger charge is -2.41. The summed E-state index contributed by atoms with van der Waals surface area (Å²) in [4.78, 5) is 42.1. The fourth-order valence-electron chi connectivity index (χ4n) is 5.16. The van der Waals surface area contributed by atoms with Gasteiger partial charge in [0.2, 0.25) is 0 Å². The van der Waals surface area contributed by atoms with Crippen molar-refractivity contribution in [3.63, 3.8) is 0 Å². The first-order chi connectivity index (χ1) is 18.9. The normalized spacial score (nSPS) is 15.4. The highest BCUT2D eigenvalue weighted by Gasteiger charge is 2.35. The summed E-state index contributed by atoms with van der Waals surface area (Å²) in [6.45, 7) is 0.731. The minimum atomic E-state index is -1.11. The van der Waals surface area contributed by atoms with Crippen LogP contribution in [0.25, 0.3) is 0 Å². The number of para-hydroxylation sites is 1. The van der Waals surface area contributed by atoms with E-state index in [0.29, 0.717) is 12.3 Å². The van der Waals surface area contributed by atoms with Gasteiger partial charge in [-0.1, -0.05) is 78.9 Å². The second-order valence-corrected chi connectivity index (χ2v) is 9.56. The zero-order valence-corrected chi connectivity index (χ0v) is 21.8. The predicted molar refractivity (Wildman–Crippen MR) is 146 cm³/mol. The Kier molecular flexibility index (Phi) is 9.17. The number of nitrogens with zero attached hydrogens (tertiary/aromatic N) is 3. The van der Waals surface area contributed by atoms with E-state index < -0.39 is 24.1 Å². The summed E-state index contributed by atoms with van der Waals surface area (Å²) in [7, 11) is 1.58. The number of benzene rings is 3. The molecule has 1 aliphatic heterocycles. The molecule has 9 nitrogen and oxygen atoms in total. The minimum Gasteiger partial charge on any atom is -0.496 e. The maximum atomic E-state index is 14.0. The van der Waals surface area contributed by atoms with Gasteiger partial charge >= 0.3 is 12.2 Å². The molecule has 0 unspecified atom stereocenters. The summed E-state index contributed by atoms with van der Waals surface area (Å²) in [5.74, 6) is 0.101. The summed E-state index contributed by atoms with van der Waals surface area (Å²) < 4.78 is 5.53. The number of rotatable bonds is 10. The maximum absolute atomic E-state index is 14.0. The Hall–Kier alpha value is -4.37. The molecule has 1 saturated heterocycles. The number of hydrogen-bond donors (Lipinski definition) is 2. The van der Waals surface area contributed by atoms with Crippen LogP contribution in [0.4, 0.5) is 9.59 Å². The first-order valence-corrected chi connectivity index (χ1v) is 12.8. The average Bonchev–Trinajstić information content (AvgIpc) is 2.94. The summed E-state index contributed by atoms with van der Waals surface area (Å²) in [6, 6.07) is 26.0. The molecule has 3 aromatic rings. The number of methoxy groups -OCH3 is 1. The van der Waals surface area contributed by atoms with Crippen molar-refractivity contribution in [2.45, 2.75) is 18.5 Å². The molecule has 0 saturated carbocycles. The second kappa shape index (κ2) is 12.9. The Balaban J connectivity index is 1.66. The summed E-state index contributed by atoms with van der Waals surface area (Å²) in [5, 5.41) is 19.4. The van der Waals surface area contributed by atoms with E-state index in [2.05, 4.69) is 0 Å². The molecule has 2 N–H and O–H groups in total. The molecular formula is C30H33N3O6. The fourth-order valence-corrected chi connectivity index (χ4v) is 5.16. The van der Waals surface area contributed by atoms with Crippen LogP contribution < -0.4 is 4.74 Å². The smallest absolute Gasteiger partial charge is 0.407 e. The zero-order chi connectivity index (χ0) is 27.8. The van der Waals surface area contributed by atoms with Crippen molar-refractivity contribution in [3.05, 3.63) is 102 Å². The molecule has 1 heterocycles. The van der Waals surface area contributed by atoms with E-state index in [-0.39, 0.29) is 38.5 Å². The minimum absolute atomic E-state index is 0.0268. The van der Waals surface area contributed by atoms with Crippen LogP contribution in [-0.4, -0.2) is 88.8 Å². The van der Waals surface area contributed by atoms with Crippen LogP contribution in [0.1, 0.15) is 22.6 Å². The number of ether oxygens (including phenoxy) is 1. The van der Waals surface area contributed by atoms with Crippen LogP contribution in [0.5, 0.6) is 5.75 Å². The van der Waals surface area contributed by atoms with Crippen LogP contribution in [0, 0.1) is 0 Å². The molecule has 1 fully saturated rings. The van der Waals surface area contributed by atoms with Gasteiger partial charge in [-0.25, -0.2) is 9.59 Å². The lowest BCUT2D eigenvalue weighted by molar-refractivity contribution is -0.121. The van der Waals surface area contributed by atoms with E-state index in [0.717, 1.165) is 16.7 Å². The van der Waals surface area contributed by atoms with Crippen molar-refractivity contribution in [1.29, 1.82) is 0 Å². The van der Waals surface area contributed by atoms with Gasteiger partial charge in [-0.3, -0.25) is 9.69 Å². The van der Waals surface area contributed by atoms with Crippen LogP contribution in [0.15, 0.2) is 84.9 Å². The average molecular weight is 532 g/mol. The van der Waals surface area contributed by atoms with Gasteiger partial charge < -0.3 is 24.7 Å². The van der Waals surface area contributed by atoms with E-state index in [9.17, 15) is 24.6 Å². The predicted octanol–water partition coefficient (Wildman–Crippen LogP) is 4.24. The topological polar surface area (TPSA) is 111 Å². The van der Waals surface area contributed by atoms with Gasteiger partial charge in [-0.2, -0.15) is 0 Å². The molecule has 0 spiro atoms. The largest absolute Gasteiger partial charge is 0.496 e. The molecule has 1 aliphatic rings. The molecule has 3 aromatic carbocycles. The van der Waals surface area contributed by atoms with Gasteiger partial charge in [0.25, 0.3) is 0 Å². The highest BCUT2D eigenvalue weighted by molar-refractivity contribution is 5.90. The van der Waals surface area contributed by atoms with Gasteiger partial charge in [0.1, 0.15) is 5.75 Å². The number of carboxylic acid groups (broad SMARTS) is 2. The molecule has 9 heteroatoms. The summed E-state index contributed by atoms with van der Waals surface area (Å²) >= 11 is 0. The number of piperazine rings is 1. The molecular weight excluding hydrogens is 498 g/mol. The SMILES string of the molecule is COc1ccccc1CN(CC(=O)C(c1ccccc1)c1ccccc1)C[C@@H]1CN(C(=O)O)CCN1C(=O)O. The second-order valence-electron chi connectivity index (χ2n) is 9.56. The van der Waals surface area contributed by atoms with Crippen LogP contribution >= 0.6 is 0 Å². The molecule has 39 heavy (non-hydrogen) atoms. The van der Waals surface area contributed by atoms with Gasteiger partial charge in [0.15, 0.2) is 5.78 Å². The van der Waals surface area contributed by atoms with Gasteiger partial charge in [0, 0.05) is 38.3 Å². The molecule has 0 aromatic heterocycles. The number of carbonyl (C=O) groups excluding carboxylic acids is 1. The van der Waals surface area contributed by atoms with Crippen molar-refractivity contribution in [1.82, 2.24) is 14.7 Å². The first kappa shape index (κ1) is 27.7. The van der Waals surface area contributed by atoms with Gasteiger partial charge in [-0.05, 0) is 17.2 Å². The molecule has 4 rings (SSSR count). The number of ketones is 1. The lowest BCUT2D eigenvalue weighted by atomic mass is 9.87. The molecule has 204 valence electrons. The van der Waals surface area contributed by atoms with E-state index in [1.54, 1.807) is 7.11 Å². The Labute approximate surface area is 227 Å². The number of Topliss-reactive ketones (excluding diaryl/α,β-unsaturated/α-hetero) is 1. The van der Waals surface area contributed by atoms with Crippen molar-refractivity contribution >= 4 is 18.0 Å². The summed E-state index contributed by atoms with van der Waals surface area (Å²) in [6.07, 6.45) is -2.20. The van der Waals surface area contributed by atoms with Crippen molar-refractivity contribution < 1.29 is 29.3 Å². The van der Waals surface area contributed by atoms with Crippen molar-refractivity contribution in [2.75, 3.05) is 39.8 Å². The monoisotopic (exact) mass is 531 g/mol. The van der Waals surface area contributed by atoms with Crippen LogP contribution in [0.2, 0.25) is 0 Å². The zero-order valence-electron chi connectivity index (χ0n) is 21.8. The lowest BCUT2D eigenvalue weighted by Crippen LogP contribution is -2.59. The highest BCUT2D eigenvalue weighted by Crippen LogP contribution is 2.27. The van der Waals surface area contributed by atoms with Crippen LogP contribution in [-0.2, 0) is 11.3 Å². The Morgan fingerprint density at radius 1 is 0.872 bits per heavy atom. The Morgan fingerprint density at radius 3 is 2.03 bits per heavy atom. The first-order valence-electron chi connectivity index (χ1n) is 12.8. The van der Waals surface area contributed by atoms with E-state index in [1.807, 2.05) is 89.8 Å². The molecule has 1 atom stereocenters. The number of hydrogen-bond acceptors (Lipinski definition) is 5. The van der Waals surface area contributed by atoms with E-state index in [1.165, 1.54) is 9.80 Å². The fraction of sp³-hybridized carbons (Fsp3) is 0.300. The number of carbonyl (C=O) groups is 3. The maximum Gasteiger partial charge on any atom is 0.407 e. The summed E-state index contributed by atoms with van der Waals surface area (Å²) in [5.41, 5.74) is 2.58. The number of amides is 2. The third kappa shape index (κ3) is 6.94. The quantitative estimate of drug-likeness (QED) is 0.403.